The molecule has 5 aromatic rings. The average Bonchev–Trinajstić information content (AvgIpc) is 0.876. The largest absolute Gasteiger partial charge is 0.508 e. The molecule has 2 atom stereocenters. The molecule has 4 aliphatic heterocycles. The number of carboxylic acids is 2. The quantitative estimate of drug-likeness (QED) is 0.0223. The zero-order valence-electron chi connectivity index (χ0n) is 50.9. The maximum absolute atomic E-state index is 12.9. The number of thiocarbonyl (C=S) groups is 1. The number of hydrogen-bond acceptors (Lipinski definition) is 19. The minimum absolute atomic E-state index is 0.000630. The van der Waals surface area contributed by atoms with Gasteiger partial charge in [0.15, 0.2) is 10.8 Å². The number of hydrogen-bond donors (Lipinski definition) is 5. The number of aromatic nitrogens is 4. The van der Waals surface area contributed by atoms with Gasteiger partial charge in [-0.2, -0.15) is 9.97 Å². The maximum Gasteiger partial charge on any atom is 0.354 e. The number of halogens is 1. The number of benzene rings is 2. The summed E-state index contributed by atoms with van der Waals surface area (Å²) >= 11 is 12.5. The van der Waals surface area contributed by atoms with Crippen LogP contribution in [0.4, 0.5) is 17.2 Å². The number of amides is 1. The number of phenols is 1. The van der Waals surface area contributed by atoms with E-state index in [1.54, 1.807) is 29.2 Å². The van der Waals surface area contributed by atoms with Crippen LogP contribution in [0.3, 0.4) is 0 Å². The van der Waals surface area contributed by atoms with Gasteiger partial charge in [0.25, 0.3) is 0 Å². The molecule has 3 aromatic heterocycles. The fourth-order valence-electron chi connectivity index (χ4n) is 11.9. The van der Waals surface area contributed by atoms with Gasteiger partial charge in [0.05, 0.1) is 87.2 Å². The number of aromatic carboxylic acids is 2. The van der Waals surface area contributed by atoms with Crippen molar-refractivity contribution in [1.29, 1.82) is 0 Å². The third-order valence-corrected chi connectivity index (χ3v) is 17.0. The monoisotopic (exact) mass is 1280 g/mol. The molecule has 0 spiro atoms. The normalized spacial score (nSPS) is 18.9. The SMILES string of the molecule is [C-]#[N+]C[C@H]1CN(c2nc(OC[C@@H]3CCCN3CCCCCCNC(=S)Nc3cc(CN4CCOCCOCCN(Cc5cccc(C(=O)O)n5)CCOCCOCC4)nc(C(=O)O)c3)nc3c2CCN(c2cc(O)cc4cccc(Cl)c24)C3)CCN1C(=O)C=C. The van der Waals surface area contributed by atoms with Crippen LogP contribution in [-0.2, 0) is 49.8 Å². The molecule has 90 heavy (non-hydrogen) atoms. The third-order valence-electron chi connectivity index (χ3n) is 16.5. The van der Waals surface area contributed by atoms with Crippen molar-refractivity contribution in [3.8, 4) is 11.8 Å². The van der Waals surface area contributed by atoms with Gasteiger partial charge >= 0.3 is 17.9 Å². The van der Waals surface area contributed by atoms with Gasteiger partial charge in [-0.15, -0.1) is 0 Å². The first kappa shape index (κ1) is 67.0. The number of rotatable bonds is 21. The van der Waals surface area contributed by atoms with E-state index in [1.165, 1.54) is 18.2 Å². The molecule has 1 amide bonds. The van der Waals surface area contributed by atoms with E-state index in [0.29, 0.717) is 172 Å². The molecule has 0 saturated carbocycles. The number of carbonyl (C=O) groups is 3. The van der Waals surface area contributed by atoms with Gasteiger partial charge in [-0.1, -0.05) is 49.2 Å². The molecule has 5 N–H and O–H groups in total. The molecule has 0 radical (unpaired) electrons. The number of ether oxygens (including phenoxy) is 5. The smallest absolute Gasteiger partial charge is 0.354 e. The van der Waals surface area contributed by atoms with Crippen molar-refractivity contribution in [2.45, 2.75) is 76.7 Å². The molecular weight excluding hydrogens is 1190 g/mol. The van der Waals surface area contributed by atoms with Gasteiger partial charge in [0.1, 0.15) is 29.9 Å². The Morgan fingerprint density at radius 2 is 1.46 bits per heavy atom. The van der Waals surface area contributed by atoms with E-state index in [-0.39, 0.29) is 47.7 Å². The van der Waals surface area contributed by atoms with Crippen molar-refractivity contribution in [2.75, 3.05) is 153 Å². The zero-order valence-corrected chi connectivity index (χ0v) is 52.5. The second-order valence-electron chi connectivity index (χ2n) is 22.7. The van der Waals surface area contributed by atoms with Crippen LogP contribution in [0.15, 0.2) is 73.3 Å². The van der Waals surface area contributed by atoms with Crippen LogP contribution >= 0.6 is 23.8 Å². The predicted octanol–water partition coefficient (Wildman–Crippen LogP) is 6.63. The zero-order chi connectivity index (χ0) is 63.2. The van der Waals surface area contributed by atoms with Crippen molar-refractivity contribution in [2.24, 2.45) is 0 Å². The topological polar surface area (TPSA) is 257 Å². The van der Waals surface area contributed by atoms with Crippen LogP contribution in [-0.4, -0.2) is 228 Å². The van der Waals surface area contributed by atoms with E-state index in [9.17, 15) is 29.7 Å². The van der Waals surface area contributed by atoms with Crippen molar-refractivity contribution in [3.05, 3.63) is 124 Å². The minimum Gasteiger partial charge on any atom is -0.508 e. The van der Waals surface area contributed by atoms with Gasteiger partial charge < -0.3 is 69.2 Å². The van der Waals surface area contributed by atoms with Crippen LogP contribution in [0.5, 0.6) is 11.8 Å². The number of nitrogens with zero attached hydrogens (tertiary/aromatic N) is 11. The van der Waals surface area contributed by atoms with Gasteiger partial charge in [-0.3, -0.25) is 19.5 Å². The Hall–Kier alpha value is -7.38. The molecule has 4 aliphatic rings. The summed E-state index contributed by atoms with van der Waals surface area (Å²) in [5, 5.41) is 39.4. The molecule has 0 bridgehead atoms. The summed E-state index contributed by atoms with van der Waals surface area (Å²) in [4.78, 5) is 72.0. The van der Waals surface area contributed by atoms with Gasteiger partial charge in [-0.25, -0.2) is 26.1 Å². The van der Waals surface area contributed by atoms with E-state index in [2.05, 4.69) is 56.5 Å². The second-order valence-corrected chi connectivity index (χ2v) is 23.5. The molecule has 482 valence electrons. The fraction of sp³-hybridized carbons (Fsp3) is 0.516. The summed E-state index contributed by atoms with van der Waals surface area (Å²) in [6, 6.07) is 17.5. The first-order chi connectivity index (χ1) is 43.8. The molecule has 0 unspecified atom stereocenters. The highest BCUT2D eigenvalue weighted by Crippen LogP contribution is 2.40. The fourth-order valence-corrected chi connectivity index (χ4v) is 12.4. The lowest BCUT2D eigenvalue weighted by atomic mass is 10.0. The van der Waals surface area contributed by atoms with Crippen LogP contribution in [0.2, 0.25) is 5.02 Å². The summed E-state index contributed by atoms with van der Waals surface area (Å²) in [6.45, 7) is 23.2. The molecular formula is C64H82ClN13O11S. The Bertz CT molecular complexity index is 3290. The molecule has 26 heteroatoms. The lowest BCUT2D eigenvalue weighted by Crippen LogP contribution is -2.56. The van der Waals surface area contributed by atoms with Gasteiger partial charge in [0, 0.05) is 101 Å². The number of carboxylic acid groups (broad SMARTS) is 2. The molecule has 0 aliphatic carbocycles. The molecule has 7 heterocycles. The Kier molecular flexibility index (Phi) is 25.4. The number of unbranched alkanes of at least 4 members (excludes halogenated alkanes) is 3. The highest BCUT2D eigenvalue weighted by molar-refractivity contribution is 7.80. The maximum atomic E-state index is 12.9. The van der Waals surface area contributed by atoms with Crippen molar-refractivity contribution < 1.29 is 53.4 Å². The number of carbonyl (C=O) groups excluding carboxylic acids is 1. The van der Waals surface area contributed by atoms with Crippen LogP contribution in [0, 0.1) is 6.57 Å². The number of pyridine rings is 2. The third kappa shape index (κ3) is 19.3. The average molecular weight is 1280 g/mol. The summed E-state index contributed by atoms with van der Waals surface area (Å²) < 4.78 is 30.2. The van der Waals surface area contributed by atoms with Crippen molar-refractivity contribution in [1.82, 2.24) is 44.9 Å². The summed E-state index contributed by atoms with van der Waals surface area (Å²) in [6.07, 6.45) is 7.89. The Labute approximate surface area is 535 Å². The molecule has 3 fully saturated rings. The first-order valence-corrected chi connectivity index (χ1v) is 31.8. The number of anilines is 3. The standard InChI is InChI=1S/C64H82ClN13O11S/c1-3-58(80)78-22-21-77(42-50(78)39-66-2)60-52-16-20-76(57-38-51(79)35-45-11-8-14-53(65)59(45)57)43-56(52)71-63(72-60)89-44-49-13-10-19-75(49)18-7-5-4-6-17-67-64(90)70-47-36-48(69-55(37-47)62(83)84)41-74-25-29-87-33-31-85-27-23-73(24-28-86-32-34-88-30-26-74)40-46-12-9-15-54(68-46)61(81)82/h3,8-9,11-12,14-15,35-38,49-50,79H,1,4-7,10,13,16-34,39-44H2,(H,81,82)(H,83,84)(H2,67,69,70,90)/t49-,50-/m0/s1. The molecule has 24 nitrogen and oxygen atoms in total. The molecule has 3 saturated heterocycles. The summed E-state index contributed by atoms with van der Waals surface area (Å²) in [5.74, 6) is -1.51. The second kappa shape index (κ2) is 34.2. The number of phenolic OH excluding ortho intramolecular Hbond substituents is 1. The van der Waals surface area contributed by atoms with E-state index in [0.717, 1.165) is 85.1 Å². The van der Waals surface area contributed by atoms with Gasteiger partial charge in [0.2, 0.25) is 12.5 Å². The number of fused-ring (bicyclic) bond motifs is 2. The number of piperazine rings is 1. The Balaban J connectivity index is 0.727. The molecule has 2 aromatic carbocycles. The minimum atomic E-state index is -1.15. The van der Waals surface area contributed by atoms with Gasteiger partial charge in [-0.05, 0) is 105 Å². The highest BCUT2D eigenvalue weighted by atomic mass is 35.5. The van der Waals surface area contributed by atoms with E-state index < -0.39 is 11.9 Å². The van der Waals surface area contributed by atoms with Crippen LogP contribution in [0.1, 0.15) is 82.1 Å². The summed E-state index contributed by atoms with van der Waals surface area (Å²) in [7, 11) is 0. The Morgan fingerprint density at radius 3 is 2.16 bits per heavy atom. The van der Waals surface area contributed by atoms with Crippen molar-refractivity contribution >= 4 is 74.7 Å². The number of aromatic hydroxyl groups is 1. The molecule has 9 rings (SSSR count). The highest BCUT2D eigenvalue weighted by Gasteiger charge is 2.36. The van der Waals surface area contributed by atoms with Crippen LogP contribution in [0.25, 0.3) is 15.6 Å². The summed E-state index contributed by atoms with van der Waals surface area (Å²) in [5.41, 5.74) is 4.25. The number of likely N-dealkylation sites (tertiary alicyclic amines) is 1. The van der Waals surface area contributed by atoms with Crippen LogP contribution < -0.4 is 25.2 Å². The number of nitrogens with one attached hydrogen (secondary N) is 2. The van der Waals surface area contributed by atoms with Crippen molar-refractivity contribution in [3.63, 3.8) is 0 Å². The Morgan fingerprint density at radius 1 is 0.767 bits per heavy atom. The lowest BCUT2D eigenvalue weighted by molar-refractivity contribution is -0.128. The first-order valence-electron chi connectivity index (χ1n) is 31.0. The van der Waals surface area contributed by atoms with E-state index in [4.69, 9.17) is 64.0 Å². The predicted molar refractivity (Wildman–Crippen MR) is 346 cm³/mol. The lowest BCUT2D eigenvalue weighted by Gasteiger charge is -2.41. The van der Waals surface area contributed by atoms with E-state index in [1.807, 2.05) is 24.3 Å². The van der Waals surface area contributed by atoms with E-state index >= 15 is 0 Å².